The molecule has 1 aromatic rings. The first kappa shape index (κ1) is 13.4. The number of rotatable bonds is 3. The van der Waals surface area contributed by atoms with Crippen molar-refractivity contribution in [1.82, 2.24) is 10.7 Å². The minimum Gasteiger partial charge on any atom is -0.507 e. The van der Waals surface area contributed by atoms with E-state index in [2.05, 4.69) is 15.8 Å². The molecule has 3 N–H and O–H groups in total. The number of hydrogen-bond donors (Lipinski definition) is 3. The molecule has 2 aliphatic carbocycles. The SMILES string of the molecule is Oc1ccccc1/C=N\NC(=S)N[C@@H]1C[C@@H]2CC[C@@H]1C2. The van der Waals surface area contributed by atoms with E-state index in [1.807, 2.05) is 6.07 Å². The normalized spacial score (nSPS) is 27.9. The molecule has 2 bridgehead atoms. The summed E-state index contributed by atoms with van der Waals surface area (Å²) in [5, 5.41) is 17.6. The van der Waals surface area contributed by atoms with Crippen LogP contribution in [0.15, 0.2) is 29.4 Å². The van der Waals surface area contributed by atoms with Crippen LogP contribution >= 0.6 is 12.2 Å². The first-order valence-corrected chi connectivity index (χ1v) is 7.51. The molecule has 0 radical (unpaired) electrons. The highest BCUT2D eigenvalue weighted by atomic mass is 32.1. The number of nitrogens with zero attached hydrogens (tertiary/aromatic N) is 1. The lowest BCUT2D eigenvalue weighted by atomic mass is 9.96. The number of phenols is 1. The van der Waals surface area contributed by atoms with Gasteiger partial charge in [-0.15, -0.1) is 0 Å². The van der Waals surface area contributed by atoms with Crippen LogP contribution in [0.2, 0.25) is 0 Å². The second-order valence-corrected chi connectivity index (χ2v) is 6.09. The lowest BCUT2D eigenvalue weighted by Crippen LogP contribution is -2.42. The molecular weight excluding hydrogens is 270 g/mol. The quantitative estimate of drug-likeness (QED) is 0.454. The number of aromatic hydroxyl groups is 1. The third-order valence-corrected chi connectivity index (χ3v) is 4.57. The Balaban J connectivity index is 1.49. The molecule has 20 heavy (non-hydrogen) atoms. The van der Waals surface area contributed by atoms with E-state index in [9.17, 15) is 5.11 Å². The van der Waals surface area contributed by atoms with Gasteiger partial charge in [-0.2, -0.15) is 5.10 Å². The van der Waals surface area contributed by atoms with Gasteiger partial charge < -0.3 is 10.4 Å². The molecule has 2 aliphatic rings. The number of thiocarbonyl (C=S) groups is 1. The van der Waals surface area contributed by atoms with Crippen LogP contribution in [0.3, 0.4) is 0 Å². The van der Waals surface area contributed by atoms with Gasteiger partial charge >= 0.3 is 0 Å². The predicted molar refractivity (Wildman–Crippen MR) is 83.8 cm³/mol. The van der Waals surface area contributed by atoms with E-state index in [0.717, 1.165) is 11.8 Å². The van der Waals surface area contributed by atoms with Gasteiger partial charge in [-0.25, -0.2) is 0 Å². The minimum atomic E-state index is 0.213. The molecule has 106 valence electrons. The highest BCUT2D eigenvalue weighted by Gasteiger charge is 2.39. The Bertz CT molecular complexity index is 532. The highest BCUT2D eigenvalue weighted by molar-refractivity contribution is 7.80. The van der Waals surface area contributed by atoms with Crippen molar-refractivity contribution in [1.29, 1.82) is 0 Å². The number of phenolic OH excluding ortho intramolecular Hbond substituents is 1. The van der Waals surface area contributed by atoms with Crippen LogP contribution in [-0.2, 0) is 0 Å². The number of hydrazone groups is 1. The van der Waals surface area contributed by atoms with Crippen LogP contribution in [-0.4, -0.2) is 22.5 Å². The Morgan fingerprint density at radius 1 is 1.30 bits per heavy atom. The van der Waals surface area contributed by atoms with Crippen LogP contribution < -0.4 is 10.7 Å². The Morgan fingerprint density at radius 3 is 2.85 bits per heavy atom. The van der Waals surface area contributed by atoms with E-state index in [1.165, 1.54) is 25.7 Å². The Hall–Kier alpha value is -1.62. The van der Waals surface area contributed by atoms with E-state index in [4.69, 9.17) is 12.2 Å². The molecule has 3 rings (SSSR count). The zero-order chi connectivity index (χ0) is 13.9. The highest BCUT2D eigenvalue weighted by Crippen LogP contribution is 2.44. The molecule has 4 nitrogen and oxygen atoms in total. The van der Waals surface area contributed by atoms with Gasteiger partial charge in [0.05, 0.1) is 6.21 Å². The molecule has 0 spiro atoms. The molecule has 0 amide bonds. The molecule has 2 fully saturated rings. The fourth-order valence-corrected chi connectivity index (χ4v) is 3.58. The van der Waals surface area contributed by atoms with Gasteiger partial charge in [0.15, 0.2) is 5.11 Å². The Morgan fingerprint density at radius 2 is 2.15 bits per heavy atom. The smallest absolute Gasteiger partial charge is 0.187 e. The maximum absolute atomic E-state index is 9.61. The van der Waals surface area contributed by atoms with E-state index in [0.29, 0.717) is 16.7 Å². The Labute approximate surface area is 124 Å². The van der Waals surface area contributed by atoms with Gasteiger partial charge in [0, 0.05) is 11.6 Å². The van der Waals surface area contributed by atoms with Crippen LogP contribution in [0.1, 0.15) is 31.2 Å². The fourth-order valence-electron chi connectivity index (χ4n) is 3.38. The zero-order valence-corrected chi connectivity index (χ0v) is 12.1. The van der Waals surface area contributed by atoms with Gasteiger partial charge in [0.2, 0.25) is 0 Å². The molecule has 0 saturated heterocycles. The average molecular weight is 289 g/mol. The summed E-state index contributed by atoms with van der Waals surface area (Å²) in [7, 11) is 0. The van der Waals surface area contributed by atoms with Gasteiger partial charge in [-0.3, -0.25) is 5.43 Å². The molecule has 3 atom stereocenters. The summed E-state index contributed by atoms with van der Waals surface area (Å²) in [5.41, 5.74) is 3.49. The van der Waals surface area contributed by atoms with Gasteiger partial charge in [-0.05, 0) is 55.4 Å². The molecule has 1 aromatic carbocycles. The summed E-state index contributed by atoms with van der Waals surface area (Å²) in [6.07, 6.45) is 6.86. The number of hydrogen-bond acceptors (Lipinski definition) is 3. The third-order valence-electron chi connectivity index (χ3n) is 4.36. The van der Waals surface area contributed by atoms with Crippen LogP contribution in [0.4, 0.5) is 0 Å². The standard InChI is InChI=1S/C15H19N3OS/c19-14-4-2-1-3-12(14)9-16-18-15(20)17-13-8-10-5-6-11(13)7-10/h1-4,9-11,13,19H,5-8H2,(H2,17,18,20)/b16-9-/t10-,11-,13-/m1/s1. The second kappa shape index (κ2) is 5.79. The molecule has 0 aromatic heterocycles. The van der Waals surface area contributed by atoms with Gasteiger partial charge in [-0.1, -0.05) is 18.6 Å². The zero-order valence-electron chi connectivity index (χ0n) is 11.2. The average Bonchev–Trinajstić information content (AvgIpc) is 3.03. The van der Waals surface area contributed by atoms with Crippen molar-refractivity contribution >= 4 is 23.5 Å². The van der Waals surface area contributed by atoms with Crippen molar-refractivity contribution in [2.45, 2.75) is 31.7 Å². The first-order chi connectivity index (χ1) is 9.72. The van der Waals surface area contributed by atoms with Crippen molar-refractivity contribution in [3.8, 4) is 5.75 Å². The predicted octanol–water partition coefficient (Wildman–Crippen LogP) is 2.38. The molecular formula is C15H19N3OS. The van der Waals surface area contributed by atoms with Crippen LogP contribution in [0.5, 0.6) is 5.75 Å². The second-order valence-electron chi connectivity index (χ2n) is 5.68. The molecule has 0 aliphatic heterocycles. The van der Waals surface area contributed by atoms with Crippen molar-refractivity contribution in [2.75, 3.05) is 0 Å². The summed E-state index contributed by atoms with van der Waals surface area (Å²) in [5.74, 6) is 1.89. The van der Waals surface area contributed by atoms with Crippen molar-refractivity contribution < 1.29 is 5.11 Å². The summed E-state index contributed by atoms with van der Waals surface area (Å²) in [4.78, 5) is 0. The van der Waals surface area contributed by atoms with Crippen LogP contribution in [0, 0.1) is 11.8 Å². The van der Waals surface area contributed by atoms with E-state index in [1.54, 1.807) is 24.4 Å². The summed E-state index contributed by atoms with van der Waals surface area (Å²) >= 11 is 5.26. The minimum absolute atomic E-state index is 0.213. The van der Waals surface area contributed by atoms with Gasteiger partial charge in [0.25, 0.3) is 0 Å². The van der Waals surface area contributed by atoms with Gasteiger partial charge in [0.1, 0.15) is 5.75 Å². The lowest BCUT2D eigenvalue weighted by Gasteiger charge is -2.23. The maximum atomic E-state index is 9.61. The summed E-state index contributed by atoms with van der Waals surface area (Å²) < 4.78 is 0. The van der Waals surface area contributed by atoms with E-state index in [-0.39, 0.29) is 5.75 Å². The molecule has 5 heteroatoms. The number of fused-ring (bicyclic) bond motifs is 2. The maximum Gasteiger partial charge on any atom is 0.187 e. The molecule has 0 heterocycles. The summed E-state index contributed by atoms with van der Waals surface area (Å²) in [6, 6.07) is 7.57. The number of para-hydroxylation sites is 1. The van der Waals surface area contributed by atoms with Crippen molar-refractivity contribution in [2.24, 2.45) is 16.9 Å². The molecule has 0 unspecified atom stereocenters. The summed E-state index contributed by atoms with van der Waals surface area (Å²) in [6.45, 7) is 0. The monoisotopic (exact) mass is 289 g/mol. The Kier molecular flexibility index (Phi) is 3.87. The van der Waals surface area contributed by atoms with Crippen molar-refractivity contribution in [3.05, 3.63) is 29.8 Å². The third kappa shape index (κ3) is 2.93. The lowest BCUT2D eigenvalue weighted by molar-refractivity contribution is 0.389. The number of nitrogens with one attached hydrogen (secondary N) is 2. The van der Waals surface area contributed by atoms with E-state index < -0.39 is 0 Å². The first-order valence-electron chi connectivity index (χ1n) is 7.10. The topological polar surface area (TPSA) is 56.7 Å². The van der Waals surface area contributed by atoms with Crippen molar-refractivity contribution in [3.63, 3.8) is 0 Å². The molecule has 2 saturated carbocycles. The van der Waals surface area contributed by atoms with E-state index >= 15 is 0 Å². The largest absolute Gasteiger partial charge is 0.507 e. The fraction of sp³-hybridized carbons (Fsp3) is 0.467. The number of benzene rings is 1. The van der Waals surface area contributed by atoms with Crippen LogP contribution in [0.25, 0.3) is 0 Å².